The topological polar surface area (TPSA) is 58.6 Å². The van der Waals surface area contributed by atoms with E-state index in [0.29, 0.717) is 5.56 Å². The molecule has 1 aromatic carbocycles. The summed E-state index contributed by atoms with van der Waals surface area (Å²) in [6, 6.07) is 4.46. The second-order valence-corrected chi connectivity index (χ2v) is 5.56. The summed E-state index contributed by atoms with van der Waals surface area (Å²) in [4.78, 5) is 11.8. The van der Waals surface area contributed by atoms with Crippen molar-refractivity contribution in [3.8, 4) is 5.75 Å². The monoisotopic (exact) mass is 295 g/mol. The van der Waals surface area contributed by atoms with Crippen LogP contribution in [0.1, 0.15) is 50.7 Å². The summed E-state index contributed by atoms with van der Waals surface area (Å²) in [6.45, 7) is 1.37. The smallest absolute Gasteiger partial charge is 0.258 e. The number of benzene rings is 1. The molecule has 1 atom stereocenters. The average Bonchev–Trinajstić information content (AvgIpc) is 2.47. The van der Waals surface area contributed by atoms with Crippen LogP contribution in [0.4, 0.5) is 4.39 Å². The molecule has 5 heteroatoms. The van der Waals surface area contributed by atoms with Crippen LogP contribution in [0.15, 0.2) is 18.2 Å². The third kappa shape index (κ3) is 4.70. The number of aliphatic hydroxyl groups is 1. The van der Waals surface area contributed by atoms with Crippen LogP contribution in [0.2, 0.25) is 0 Å². The van der Waals surface area contributed by atoms with E-state index in [4.69, 9.17) is 4.74 Å². The van der Waals surface area contributed by atoms with Gasteiger partial charge < -0.3 is 15.2 Å². The van der Waals surface area contributed by atoms with Crippen molar-refractivity contribution in [1.82, 2.24) is 5.32 Å². The molecule has 116 valence electrons. The van der Waals surface area contributed by atoms with Gasteiger partial charge in [0.2, 0.25) is 0 Å². The Bertz CT molecular complexity index is 484. The van der Waals surface area contributed by atoms with Crippen molar-refractivity contribution >= 4 is 5.91 Å². The highest BCUT2D eigenvalue weighted by molar-refractivity contribution is 5.77. The van der Waals surface area contributed by atoms with Crippen LogP contribution in [-0.2, 0) is 4.79 Å². The maximum Gasteiger partial charge on any atom is 0.258 e. The van der Waals surface area contributed by atoms with Crippen molar-refractivity contribution in [2.24, 2.45) is 0 Å². The van der Waals surface area contributed by atoms with Crippen molar-refractivity contribution in [2.45, 2.75) is 51.2 Å². The Kier molecular flexibility index (Phi) is 5.56. The van der Waals surface area contributed by atoms with Crippen LogP contribution in [0, 0.1) is 5.82 Å². The minimum absolute atomic E-state index is 0.0261. The summed E-state index contributed by atoms with van der Waals surface area (Å²) in [7, 11) is 0. The minimum Gasteiger partial charge on any atom is -0.481 e. The Labute approximate surface area is 124 Å². The number of hydrogen-bond donors (Lipinski definition) is 2. The van der Waals surface area contributed by atoms with Crippen molar-refractivity contribution < 1.29 is 19.0 Å². The molecule has 0 bridgehead atoms. The summed E-state index contributed by atoms with van der Waals surface area (Å²) in [5.74, 6) is -0.766. The van der Waals surface area contributed by atoms with Gasteiger partial charge in [-0.3, -0.25) is 4.79 Å². The Morgan fingerprint density at radius 2 is 2.14 bits per heavy atom. The third-order valence-electron chi connectivity index (χ3n) is 3.77. The van der Waals surface area contributed by atoms with E-state index in [0.717, 1.165) is 25.7 Å². The highest BCUT2D eigenvalue weighted by Crippen LogP contribution is 2.22. The first-order valence-corrected chi connectivity index (χ1v) is 7.46. The van der Waals surface area contributed by atoms with E-state index in [1.807, 2.05) is 0 Å². The number of aliphatic hydroxyl groups excluding tert-OH is 1. The maximum atomic E-state index is 13.8. The quantitative estimate of drug-likeness (QED) is 0.878. The van der Waals surface area contributed by atoms with E-state index in [1.165, 1.54) is 18.6 Å². The molecule has 1 aliphatic carbocycles. The van der Waals surface area contributed by atoms with Crippen LogP contribution in [0.3, 0.4) is 0 Å². The molecule has 2 rings (SSSR count). The summed E-state index contributed by atoms with van der Waals surface area (Å²) >= 11 is 0. The Morgan fingerprint density at radius 3 is 2.76 bits per heavy atom. The Hall–Kier alpha value is -1.62. The Morgan fingerprint density at radius 1 is 1.43 bits per heavy atom. The molecule has 1 amide bonds. The predicted octanol–water partition coefficient (Wildman–Crippen LogP) is 2.71. The lowest BCUT2D eigenvalue weighted by Crippen LogP contribution is -2.39. The van der Waals surface area contributed by atoms with E-state index >= 15 is 0 Å². The number of hydrogen-bond acceptors (Lipinski definition) is 3. The number of halogens is 1. The fourth-order valence-corrected chi connectivity index (χ4v) is 2.55. The number of rotatable bonds is 5. The molecule has 0 unspecified atom stereocenters. The molecule has 1 aromatic rings. The van der Waals surface area contributed by atoms with Crippen LogP contribution in [0.25, 0.3) is 0 Å². The number of carbonyl (C=O) groups excluding carboxylic acids is 1. The zero-order chi connectivity index (χ0) is 15.2. The average molecular weight is 295 g/mol. The lowest BCUT2D eigenvalue weighted by molar-refractivity contribution is -0.124. The van der Waals surface area contributed by atoms with Gasteiger partial charge in [0.1, 0.15) is 0 Å². The predicted molar refractivity (Wildman–Crippen MR) is 77.5 cm³/mol. The number of carbonyl (C=O) groups is 1. The third-order valence-corrected chi connectivity index (χ3v) is 3.77. The first kappa shape index (κ1) is 15.8. The Balaban J connectivity index is 1.83. The second kappa shape index (κ2) is 7.41. The molecule has 1 saturated carbocycles. The van der Waals surface area contributed by atoms with Crippen molar-refractivity contribution in [3.63, 3.8) is 0 Å². The van der Waals surface area contributed by atoms with Crippen molar-refractivity contribution in [3.05, 3.63) is 29.6 Å². The molecule has 0 aromatic heterocycles. The van der Waals surface area contributed by atoms with Gasteiger partial charge in [0.05, 0.1) is 6.10 Å². The van der Waals surface area contributed by atoms with E-state index in [1.54, 1.807) is 13.0 Å². The molecule has 21 heavy (non-hydrogen) atoms. The lowest BCUT2D eigenvalue weighted by atomic mass is 9.95. The van der Waals surface area contributed by atoms with Gasteiger partial charge in [-0.2, -0.15) is 0 Å². The largest absolute Gasteiger partial charge is 0.481 e. The van der Waals surface area contributed by atoms with E-state index in [9.17, 15) is 14.3 Å². The minimum atomic E-state index is -0.733. The molecule has 0 saturated heterocycles. The van der Waals surface area contributed by atoms with E-state index in [-0.39, 0.29) is 24.3 Å². The first-order chi connectivity index (χ1) is 10.1. The van der Waals surface area contributed by atoms with Gasteiger partial charge in [-0.1, -0.05) is 25.3 Å². The molecule has 0 aliphatic heterocycles. The molecule has 1 fully saturated rings. The highest BCUT2D eigenvalue weighted by Gasteiger charge is 2.16. The number of ether oxygens (including phenoxy) is 1. The molecular weight excluding hydrogens is 273 g/mol. The fourth-order valence-electron chi connectivity index (χ4n) is 2.55. The SMILES string of the molecule is C[C@H](O)c1ccc(OCC(=O)NC2CCCCC2)c(F)c1. The summed E-state index contributed by atoms with van der Waals surface area (Å²) in [5, 5.41) is 12.3. The zero-order valence-corrected chi connectivity index (χ0v) is 12.3. The van der Waals surface area contributed by atoms with Gasteiger partial charge in [0.15, 0.2) is 18.2 Å². The molecule has 4 nitrogen and oxygen atoms in total. The van der Waals surface area contributed by atoms with Gasteiger partial charge in [-0.05, 0) is 37.5 Å². The molecule has 0 heterocycles. The van der Waals surface area contributed by atoms with Crippen molar-refractivity contribution in [2.75, 3.05) is 6.61 Å². The summed E-state index contributed by atoms with van der Waals surface area (Å²) < 4.78 is 19.0. The first-order valence-electron chi connectivity index (χ1n) is 7.46. The highest BCUT2D eigenvalue weighted by atomic mass is 19.1. The molecule has 1 aliphatic rings. The molecule has 2 N–H and O–H groups in total. The van der Waals surface area contributed by atoms with Gasteiger partial charge in [0.25, 0.3) is 5.91 Å². The van der Waals surface area contributed by atoms with Gasteiger partial charge in [-0.15, -0.1) is 0 Å². The van der Waals surface area contributed by atoms with E-state index in [2.05, 4.69) is 5.32 Å². The number of amides is 1. The van der Waals surface area contributed by atoms with E-state index < -0.39 is 11.9 Å². The fraction of sp³-hybridized carbons (Fsp3) is 0.562. The summed E-state index contributed by atoms with van der Waals surface area (Å²) in [6.07, 6.45) is 4.78. The zero-order valence-electron chi connectivity index (χ0n) is 12.3. The molecular formula is C16H22FNO3. The molecule has 0 radical (unpaired) electrons. The normalized spacial score (nSPS) is 17.3. The standard InChI is InChI=1S/C16H22FNO3/c1-11(19)12-7-8-15(14(17)9-12)21-10-16(20)18-13-5-3-2-4-6-13/h7-9,11,13,19H,2-6,10H2,1H3,(H,18,20)/t11-/m0/s1. The molecule has 0 spiro atoms. The second-order valence-electron chi connectivity index (χ2n) is 5.56. The maximum absolute atomic E-state index is 13.8. The van der Waals surface area contributed by atoms with Crippen LogP contribution in [-0.4, -0.2) is 23.7 Å². The van der Waals surface area contributed by atoms with Crippen LogP contribution < -0.4 is 10.1 Å². The van der Waals surface area contributed by atoms with Crippen LogP contribution in [0.5, 0.6) is 5.75 Å². The number of nitrogens with one attached hydrogen (secondary N) is 1. The van der Waals surface area contributed by atoms with Gasteiger partial charge in [-0.25, -0.2) is 4.39 Å². The van der Waals surface area contributed by atoms with Crippen LogP contribution >= 0.6 is 0 Å². The van der Waals surface area contributed by atoms with Crippen molar-refractivity contribution in [1.29, 1.82) is 0 Å². The lowest BCUT2D eigenvalue weighted by Gasteiger charge is -2.22. The van der Waals surface area contributed by atoms with Gasteiger partial charge in [0, 0.05) is 6.04 Å². The van der Waals surface area contributed by atoms with Gasteiger partial charge >= 0.3 is 0 Å². The summed E-state index contributed by atoms with van der Waals surface area (Å²) in [5.41, 5.74) is 0.478.